The standard InChI is InChI=1S/C22H18ClF3N2O4/c1-27-21(30)32-18-11-14-8-13(9-16(23)19(14)31-18)15-3-2-12(10-17(15)24)20(29)28-6-4-22(25,26)5-7-28/h2-3,8-11H,4-7H2,1H3,(H,27,30). The highest BCUT2D eigenvalue weighted by Crippen LogP contribution is 2.36. The number of rotatable bonds is 3. The lowest BCUT2D eigenvalue weighted by Crippen LogP contribution is -2.42. The Kier molecular flexibility index (Phi) is 5.77. The van der Waals surface area contributed by atoms with Gasteiger partial charge in [-0.2, -0.15) is 0 Å². The van der Waals surface area contributed by atoms with Gasteiger partial charge < -0.3 is 19.4 Å². The van der Waals surface area contributed by atoms with Gasteiger partial charge in [0, 0.05) is 55.6 Å². The normalized spacial score (nSPS) is 15.6. The molecule has 6 nitrogen and oxygen atoms in total. The van der Waals surface area contributed by atoms with E-state index >= 15 is 0 Å². The van der Waals surface area contributed by atoms with E-state index in [4.69, 9.17) is 20.8 Å². The molecule has 1 fully saturated rings. The molecule has 10 heteroatoms. The van der Waals surface area contributed by atoms with Gasteiger partial charge >= 0.3 is 6.09 Å². The number of piperidine rings is 1. The van der Waals surface area contributed by atoms with E-state index in [2.05, 4.69) is 5.32 Å². The lowest BCUT2D eigenvalue weighted by molar-refractivity contribution is -0.0494. The number of benzene rings is 2. The van der Waals surface area contributed by atoms with Crippen molar-refractivity contribution in [1.82, 2.24) is 10.2 Å². The number of hydrogen-bond acceptors (Lipinski definition) is 4. The number of amides is 2. The molecular formula is C22H18ClF3N2O4. The van der Waals surface area contributed by atoms with Crippen molar-refractivity contribution < 1.29 is 31.9 Å². The zero-order valence-electron chi connectivity index (χ0n) is 16.9. The second-order valence-electron chi connectivity index (χ2n) is 7.42. The van der Waals surface area contributed by atoms with Crippen LogP contribution in [0.25, 0.3) is 22.1 Å². The molecule has 4 rings (SSSR count). The van der Waals surface area contributed by atoms with Crippen LogP contribution >= 0.6 is 11.6 Å². The van der Waals surface area contributed by atoms with Crippen molar-refractivity contribution in [2.75, 3.05) is 20.1 Å². The third-order valence-electron chi connectivity index (χ3n) is 5.25. The summed E-state index contributed by atoms with van der Waals surface area (Å²) in [7, 11) is 1.40. The summed E-state index contributed by atoms with van der Waals surface area (Å²) in [5.74, 6) is -4.02. The van der Waals surface area contributed by atoms with Crippen molar-refractivity contribution in [1.29, 1.82) is 0 Å². The maximum absolute atomic E-state index is 14.9. The summed E-state index contributed by atoms with van der Waals surface area (Å²) in [6.07, 6.45) is -1.54. The van der Waals surface area contributed by atoms with Crippen LogP contribution in [0.5, 0.6) is 5.95 Å². The Bertz CT molecular complexity index is 1200. The van der Waals surface area contributed by atoms with Crippen molar-refractivity contribution >= 4 is 34.6 Å². The maximum Gasteiger partial charge on any atom is 0.414 e. The molecule has 0 unspecified atom stereocenters. The molecule has 3 aromatic rings. The third-order valence-corrected chi connectivity index (χ3v) is 5.54. The van der Waals surface area contributed by atoms with Crippen molar-refractivity contribution in [3.63, 3.8) is 0 Å². The summed E-state index contributed by atoms with van der Waals surface area (Å²) in [4.78, 5) is 25.3. The van der Waals surface area contributed by atoms with Crippen LogP contribution in [-0.2, 0) is 0 Å². The highest BCUT2D eigenvalue weighted by Gasteiger charge is 2.35. The van der Waals surface area contributed by atoms with Gasteiger partial charge in [-0.05, 0) is 29.8 Å². The van der Waals surface area contributed by atoms with Gasteiger partial charge in [0.15, 0.2) is 5.58 Å². The van der Waals surface area contributed by atoms with Crippen molar-refractivity contribution in [2.24, 2.45) is 0 Å². The van der Waals surface area contributed by atoms with E-state index in [1.54, 1.807) is 6.07 Å². The van der Waals surface area contributed by atoms with E-state index in [-0.39, 0.29) is 40.8 Å². The minimum Gasteiger partial charge on any atom is -0.424 e. The fourth-order valence-electron chi connectivity index (χ4n) is 3.54. The fourth-order valence-corrected chi connectivity index (χ4v) is 3.80. The van der Waals surface area contributed by atoms with Gasteiger partial charge in [-0.25, -0.2) is 18.0 Å². The van der Waals surface area contributed by atoms with Crippen molar-refractivity contribution in [2.45, 2.75) is 18.8 Å². The summed E-state index contributed by atoms with van der Waals surface area (Å²) in [6.45, 7) is -0.162. The van der Waals surface area contributed by atoms with E-state index in [0.717, 1.165) is 6.07 Å². The fraction of sp³-hybridized carbons (Fsp3) is 0.273. The predicted octanol–water partition coefficient (Wildman–Crippen LogP) is 5.48. The van der Waals surface area contributed by atoms with Crippen LogP contribution < -0.4 is 10.1 Å². The minimum atomic E-state index is -2.78. The van der Waals surface area contributed by atoms with Crippen LogP contribution in [0.15, 0.2) is 40.8 Å². The Labute approximate surface area is 185 Å². The molecule has 2 aromatic carbocycles. The van der Waals surface area contributed by atoms with E-state index in [9.17, 15) is 22.8 Å². The Morgan fingerprint density at radius 2 is 1.88 bits per heavy atom. The largest absolute Gasteiger partial charge is 0.424 e. The van der Waals surface area contributed by atoms with Crippen LogP contribution in [0.1, 0.15) is 23.2 Å². The summed E-state index contributed by atoms with van der Waals surface area (Å²) >= 11 is 6.26. The van der Waals surface area contributed by atoms with Gasteiger partial charge in [0.05, 0.1) is 5.02 Å². The molecule has 168 valence electrons. The summed E-state index contributed by atoms with van der Waals surface area (Å²) < 4.78 is 51.9. The highest BCUT2D eigenvalue weighted by atomic mass is 35.5. The summed E-state index contributed by atoms with van der Waals surface area (Å²) in [5.41, 5.74) is 0.950. The molecule has 0 radical (unpaired) electrons. The molecular weight excluding hydrogens is 449 g/mol. The van der Waals surface area contributed by atoms with Crippen LogP contribution in [-0.4, -0.2) is 43.0 Å². The molecule has 1 saturated heterocycles. The molecule has 0 aliphatic carbocycles. The first-order valence-electron chi connectivity index (χ1n) is 9.76. The number of ether oxygens (including phenoxy) is 1. The van der Waals surface area contributed by atoms with E-state index < -0.39 is 36.6 Å². The Hall–Kier alpha value is -3.20. The van der Waals surface area contributed by atoms with Crippen LogP contribution in [0.4, 0.5) is 18.0 Å². The smallest absolute Gasteiger partial charge is 0.414 e. The van der Waals surface area contributed by atoms with Gasteiger partial charge in [-0.1, -0.05) is 17.7 Å². The van der Waals surface area contributed by atoms with E-state index in [1.807, 2.05) is 0 Å². The molecule has 1 aromatic heterocycles. The van der Waals surface area contributed by atoms with Gasteiger partial charge in [-0.15, -0.1) is 0 Å². The van der Waals surface area contributed by atoms with E-state index in [0.29, 0.717) is 10.9 Å². The number of carbonyl (C=O) groups excluding carboxylic acids is 2. The van der Waals surface area contributed by atoms with E-state index in [1.165, 1.54) is 36.2 Å². The number of furan rings is 1. The second kappa shape index (κ2) is 8.38. The Morgan fingerprint density at radius 1 is 1.16 bits per heavy atom. The van der Waals surface area contributed by atoms with Gasteiger partial charge in [0.2, 0.25) is 0 Å². The number of halogens is 4. The second-order valence-corrected chi connectivity index (χ2v) is 7.83. The number of carbonyl (C=O) groups is 2. The first-order valence-corrected chi connectivity index (χ1v) is 10.1. The monoisotopic (exact) mass is 466 g/mol. The number of alkyl halides is 2. The molecule has 1 N–H and O–H groups in total. The minimum absolute atomic E-state index is 0.0769. The number of fused-ring (bicyclic) bond motifs is 1. The van der Waals surface area contributed by atoms with Crippen LogP contribution in [0.2, 0.25) is 5.02 Å². The maximum atomic E-state index is 14.9. The van der Waals surface area contributed by atoms with Crippen LogP contribution in [0.3, 0.4) is 0 Å². The first kappa shape index (κ1) is 22.0. The zero-order valence-corrected chi connectivity index (χ0v) is 17.6. The molecule has 2 heterocycles. The number of hydrogen-bond donors (Lipinski definition) is 1. The quantitative estimate of drug-likeness (QED) is 0.554. The Balaban J connectivity index is 1.60. The average Bonchev–Trinajstić information content (AvgIpc) is 3.16. The third kappa shape index (κ3) is 4.38. The predicted molar refractivity (Wildman–Crippen MR) is 112 cm³/mol. The molecule has 1 aliphatic rings. The molecule has 0 saturated carbocycles. The van der Waals surface area contributed by atoms with Gasteiger partial charge in [-0.3, -0.25) is 4.79 Å². The lowest BCUT2D eigenvalue weighted by Gasteiger charge is -2.31. The molecule has 2 amide bonds. The molecule has 0 spiro atoms. The van der Waals surface area contributed by atoms with Crippen molar-refractivity contribution in [3.05, 3.63) is 52.8 Å². The lowest BCUT2D eigenvalue weighted by atomic mass is 10.0. The van der Waals surface area contributed by atoms with Gasteiger partial charge in [0.1, 0.15) is 5.82 Å². The van der Waals surface area contributed by atoms with Crippen LogP contribution in [0, 0.1) is 5.82 Å². The zero-order chi connectivity index (χ0) is 23.0. The molecule has 0 atom stereocenters. The molecule has 1 aliphatic heterocycles. The number of likely N-dealkylation sites (tertiary alicyclic amines) is 1. The number of nitrogens with zero attached hydrogens (tertiary/aromatic N) is 1. The topological polar surface area (TPSA) is 71.8 Å². The number of nitrogens with one attached hydrogen (secondary N) is 1. The molecule has 0 bridgehead atoms. The SMILES string of the molecule is CNC(=O)Oc1cc2cc(-c3ccc(C(=O)N4CCC(F)(F)CC4)cc3F)cc(Cl)c2o1. The summed E-state index contributed by atoms with van der Waals surface area (Å²) in [6, 6.07) is 8.50. The first-order chi connectivity index (χ1) is 15.2. The van der Waals surface area contributed by atoms with Crippen molar-refractivity contribution in [3.8, 4) is 17.1 Å². The molecule has 32 heavy (non-hydrogen) atoms. The Morgan fingerprint density at radius 3 is 2.53 bits per heavy atom. The highest BCUT2D eigenvalue weighted by molar-refractivity contribution is 6.35. The van der Waals surface area contributed by atoms with Gasteiger partial charge in [0.25, 0.3) is 17.8 Å². The summed E-state index contributed by atoms with van der Waals surface area (Å²) in [5, 5.41) is 2.95. The average molecular weight is 467 g/mol.